The average molecular weight is 318 g/mol. The van der Waals surface area contributed by atoms with Crippen molar-refractivity contribution < 1.29 is 9.52 Å². The van der Waals surface area contributed by atoms with Crippen molar-refractivity contribution in [1.82, 2.24) is 9.55 Å². The van der Waals surface area contributed by atoms with Crippen LogP contribution in [0.15, 0.2) is 21.2 Å². The molecular formula is C11H10BrClN2O2. The van der Waals surface area contributed by atoms with Gasteiger partial charge in [-0.05, 0) is 40.9 Å². The molecule has 1 aliphatic heterocycles. The fraction of sp³-hybridized carbons (Fsp3) is 0.364. The van der Waals surface area contributed by atoms with Crippen LogP contribution in [0.4, 0.5) is 0 Å². The van der Waals surface area contributed by atoms with Gasteiger partial charge in [-0.15, -0.1) is 0 Å². The summed E-state index contributed by atoms with van der Waals surface area (Å²) >= 11 is 9.33. The first-order valence-corrected chi connectivity index (χ1v) is 6.53. The molecule has 0 fully saturated rings. The van der Waals surface area contributed by atoms with E-state index >= 15 is 0 Å². The Labute approximate surface area is 111 Å². The number of fused-ring (bicyclic) bond motifs is 1. The highest BCUT2D eigenvalue weighted by atomic mass is 79.9. The Hall–Kier alpha value is -0.780. The molecule has 1 unspecified atom stereocenters. The van der Waals surface area contributed by atoms with Crippen molar-refractivity contribution >= 4 is 27.5 Å². The number of rotatable bonds is 1. The molecule has 2 aromatic heterocycles. The lowest BCUT2D eigenvalue weighted by molar-refractivity contribution is 0.139. The number of hydrogen-bond donors (Lipinski definition) is 1. The van der Waals surface area contributed by atoms with Crippen LogP contribution in [0.3, 0.4) is 0 Å². The van der Waals surface area contributed by atoms with Crippen molar-refractivity contribution in [3.63, 3.8) is 0 Å². The summed E-state index contributed by atoms with van der Waals surface area (Å²) in [6.45, 7) is 0.805. The van der Waals surface area contributed by atoms with Gasteiger partial charge in [-0.25, -0.2) is 4.98 Å². The van der Waals surface area contributed by atoms with Crippen molar-refractivity contribution in [1.29, 1.82) is 0 Å². The monoisotopic (exact) mass is 316 g/mol. The summed E-state index contributed by atoms with van der Waals surface area (Å²) in [6.07, 6.45) is 1.11. The second-order valence-corrected chi connectivity index (χ2v) is 5.16. The molecule has 90 valence electrons. The molecule has 6 heteroatoms. The molecule has 2 aromatic rings. The lowest BCUT2D eigenvalue weighted by Crippen LogP contribution is -2.15. The summed E-state index contributed by atoms with van der Waals surface area (Å²) in [5.41, 5.74) is 0.695. The number of halogens is 2. The van der Waals surface area contributed by atoms with E-state index < -0.39 is 6.10 Å². The van der Waals surface area contributed by atoms with Gasteiger partial charge in [0.05, 0.1) is 11.8 Å². The topological polar surface area (TPSA) is 51.2 Å². The Balaban J connectivity index is 2.16. The Morgan fingerprint density at radius 2 is 2.35 bits per heavy atom. The van der Waals surface area contributed by atoms with Gasteiger partial charge in [-0.2, -0.15) is 0 Å². The van der Waals surface area contributed by atoms with Crippen molar-refractivity contribution in [2.24, 2.45) is 0 Å². The number of furan rings is 1. The van der Waals surface area contributed by atoms with E-state index in [2.05, 4.69) is 20.9 Å². The summed E-state index contributed by atoms with van der Waals surface area (Å²) < 4.78 is 8.06. The summed E-state index contributed by atoms with van der Waals surface area (Å²) in [4.78, 5) is 4.28. The van der Waals surface area contributed by atoms with Crippen LogP contribution in [0.5, 0.6) is 0 Å². The Morgan fingerprint density at radius 1 is 1.53 bits per heavy atom. The molecule has 3 rings (SSSR count). The smallest absolute Gasteiger partial charge is 0.178 e. The van der Waals surface area contributed by atoms with Crippen LogP contribution in [-0.4, -0.2) is 14.7 Å². The number of aliphatic hydroxyl groups is 1. The van der Waals surface area contributed by atoms with Gasteiger partial charge in [0.15, 0.2) is 21.4 Å². The Kier molecular flexibility index (Phi) is 2.77. The lowest BCUT2D eigenvalue weighted by Gasteiger charge is -2.20. The predicted octanol–water partition coefficient (Wildman–Crippen LogP) is 3.39. The van der Waals surface area contributed by atoms with Gasteiger partial charge in [0, 0.05) is 6.54 Å². The highest BCUT2D eigenvalue weighted by Crippen LogP contribution is 2.36. The highest BCUT2D eigenvalue weighted by Gasteiger charge is 2.27. The van der Waals surface area contributed by atoms with Crippen LogP contribution in [-0.2, 0) is 6.54 Å². The minimum atomic E-state index is -0.532. The molecule has 1 N–H and O–H groups in total. The maximum atomic E-state index is 9.92. The van der Waals surface area contributed by atoms with Crippen LogP contribution in [0.1, 0.15) is 24.6 Å². The van der Waals surface area contributed by atoms with Gasteiger partial charge >= 0.3 is 0 Å². The summed E-state index contributed by atoms with van der Waals surface area (Å²) in [5.74, 6) is 1.33. The normalized spacial score (nSPS) is 19.4. The standard InChI is InChI=1S/C11H10BrClN2O2/c12-8-4-3-7(17-8)11-14-10(13)9-6(16)2-1-5-15(9)11/h3-4,6,16H,1-2,5H2. The van der Waals surface area contributed by atoms with E-state index in [1.807, 2.05) is 16.7 Å². The van der Waals surface area contributed by atoms with E-state index in [1.165, 1.54) is 0 Å². The number of imidazole rings is 1. The molecule has 1 aliphatic rings. The number of aliphatic hydroxyl groups excluding tert-OH is 1. The number of nitrogens with zero attached hydrogens (tertiary/aromatic N) is 2. The zero-order valence-corrected chi connectivity index (χ0v) is 11.2. The van der Waals surface area contributed by atoms with Crippen molar-refractivity contribution in [3.8, 4) is 11.6 Å². The van der Waals surface area contributed by atoms with Crippen LogP contribution in [0.25, 0.3) is 11.6 Å². The quantitative estimate of drug-likeness (QED) is 0.877. The molecule has 4 nitrogen and oxygen atoms in total. The van der Waals surface area contributed by atoms with Gasteiger partial charge in [0.1, 0.15) is 0 Å². The zero-order chi connectivity index (χ0) is 12.0. The first-order valence-electron chi connectivity index (χ1n) is 5.36. The maximum absolute atomic E-state index is 9.92. The fourth-order valence-corrected chi connectivity index (χ4v) is 2.80. The molecule has 0 radical (unpaired) electrons. The second-order valence-electron chi connectivity index (χ2n) is 4.02. The molecule has 17 heavy (non-hydrogen) atoms. The molecular weight excluding hydrogens is 307 g/mol. The fourth-order valence-electron chi connectivity index (χ4n) is 2.18. The van der Waals surface area contributed by atoms with Crippen LogP contribution in [0, 0.1) is 0 Å². The molecule has 0 aromatic carbocycles. The summed E-state index contributed by atoms with van der Waals surface area (Å²) in [7, 11) is 0. The molecule has 0 saturated carbocycles. The van der Waals surface area contributed by atoms with Crippen LogP contribution < -0.4 is 0 Å². The lowest BCUT2D eigenvalue weighted by atomic mass is 10.1. The Bertz CT molecular complexity index is 564. The van der Waals surface area contributed by atoms with Crippen LogP contribution in [0.2, 0.25) is 5.15 Å². The molecule has 0 aliphatic carbocycles. The molecule has 0 spiro atoms. The molecule has 3 heterocycles. The van der Waals surface area contributed by atoms with Gasteiger partial charge in [-0.1, -0.05) is 11.6 Å². The highest BCUT2D eigenvalue weighted by molar-refractivity contribution is 9.10. The number of hydrogen-bond acceptors (Lipinski definition) is 3. The van der Waals surface area contributed by atoms with Gasteiger partial charge < -0.3 is 14.1 Å². The van der Waals surface area contributed by atoms with E-state index in [0.717, 1.165) is 19.4 Å². The Morgan fingerprint density at radius 3 is 3.06 bits per heavy atom. The third-order valence-corrected chi connectivity index (χ3v) is 3.63. The van der Waals surface area contributed by atoms with E-state index in [9.17, 15) is 5.11 Å². The molecule has 1 atom stereocenters. The van der Waals surface area contributed by atoms with E-state index in [1.54, 1.807) is 0 Å². The summed E-state index contributed by atoms with van der Waals surface area (Å²) in [6, 6.07) is 3.64. The zero-order valence-electron chi connectivity index (χ0n) is 8.86. The van der Waals surface area contributed by atoms with Crippen molar-refractivity contribution in [3.05, 3.63) is 27.6 Å². The largest absolute Gasteiger partial charge is 0.446 e. The minimum Gasteiger partial charge on any atom is -0.446 e. The van der Waals surface area contributed by atoms with E-state index in [0.29, 0.717) is 27.1 Å². The second kappa shape index (κ2) is 4.15. The third kappa shape index (κ3) is 1.82. The van der Waals surface area contributed by atoms with Crippen molar-refractivity contribution in [2.75, 3.05) is 0 Å². The third-order valence-electron chi connectivity index (χ3n) is 2.93. The minimum absolute atomic E-state index is 0.361. The first kappa shape index (κ1) is 11.3. The van der Waals surface area contributed by atoms with E-state index in [-0.39, 0.29) is 0 Å². The van der Waals surface area contributed by atoms with Crippen molar-refractivity contribution in [2.45, 2.75) is 25.5 Å². The molecule has 0 bridgehead atoms. The van der Waals surface area contributed by atoms with Crippen LogP contribution >= 0.6 is 27.5 Å². The maximum Gasteiger partial charge on any atom is 0.178 e. The number of aromatic nitrogens is 2. The predicted molar refractivity (Wildman–Crippen MR) is 66.8 cm³/mol. The van der Waals surface area contributed by atoms with Gasteiger partial charge in [0.25, 0.3) is 0 Å². The van der Waals surface area contributed by atoms with E-state index in [4.69, 9.17) is 16.0 Å². The first-order chi connectivity index (χ1) is 8.16. The summed E-state index contributed by atoms with van der Waals surface area (Å²) in [5, 5.41) is 10.3. The molecule has 0 amide bonds. The van der Waals surface area contributed by atoms with Gasteiger partial charge in [-0.3, -0.25) is 0 Å². The average Bonchev–Trinajstić information content (AvgIpc) is 2.84. The SMILES string of the molecule is OC1CCCn2c(-c3ccc(Br)o3)nc(Cl)c21. The van der Waals surface area contributed by atoms with Gasteiger partial charge in [0.2, 0.25) is 0 Å². The molecule has 0 saturated heterocycles.